The average molecular weight is 330 g/mol. The van der Waals surface area contributed by atoms with Crippen molar-refractivity contribution in [2.24, 2.45) is 28.6 Å². The second kappa shape index (κ2) is 5.10. The monoisotopic (exact) mass is 330 g/mol. The van der Waals surface area contributed by atoms with Crippen molar-refractivity contribution in [3.63, 3.8) is 0 Å². The van der Waals surface area contributed by atoms with Crippen LogP contribution in [0.3, 0.4) is 0 Å². The minimum atomic E-state index is -1.05. The molecule has 24 heavy (non-hydrogen) atoms. The SMILES string of the molecule is C#C[C@]1(O)CC[C@@]2(C)C(=C[C@H](O)[C@H]3[C@@H]4CC[C@H](O)[C@@]4(C)CC[C@@H]32)C1. The van der Waals surface area contributed by atoms with Gasteiger partial charge in [-0.3, -0.25) is 0 Å². The van der Waals surface area contributed by atoms with E-state index in [1.807, 2.05) is 6.08 Å². The lowest BCUT2D eigenvalue weighted by atomic mass is 9.46. The van der Waals surface area contributed by atoms with Crippen LogP contribution >= 0.6 is 0 Å². The van der Waals surface area contributed by atoms with Crippen LogP contribution in [0, 0.1) is 40.9 Å². The van der Waals surface area contributed by atoms with Crippen molar-refractivity contribution in [1.29, 1.82) is 0 Å². The van der Waals surface area contributed by atoms with Crippen molar-refractivity contribution in [2.45, 2.75) is 76.6 Å². The fourth-order valence-electron chi connectivity index (χ4n) is 6.73. The van der Waals surface area contributed by atoms with Crippen LogP contribution in [0.15, 0.2) is 11.6 Å². The summed E-state index contributed by atoms with van der Waals surface area (Å²) in [5.41, 5.74) is 0.0926. The topological polar surface area (TPSA) is 60.7 Å². The quantitative estimate of drug-likeness (QED) is 0.473. The Balaban J connectivity index is 1.73. The number of hydrogen-bond acceptors (Lipinski definition) is 3. The van der Waals surface area contributed by atoms with Gasteiger partial charge in [-0.15, -0.1) is 6.42 Å². The first kappa shape index (κ1) is 16.6. The maximum atomic E-state index is 11.0. The molecule has 0 aliphatic heterocycles. The van der Waals surface area contributed by atoms with Gasteiger partial charge in [0.15, 0.2) is 0 Å². The van der Waals surface area contributed by atoms with Gasteiger partial charge in [0, 0.05) is 6.42 Å². The molecule has 3 saturated carbocycles. The maximum Gasteiger partial charge on any atom is 0.128 e. The minimum Gasteiger partial charge on any atom is -0.393 e. The van der Waals surface area contributed by atoms with Gasteiger partial charge in [-0.25, -0.2) is 0 Å². The van der Waals surface area contributed by atoms with Crippen molar-refractivity contribution in [3.8, 4) is 12.3 Å². The standard InChI is InChI=1S/C21H30O3/c1-4-21(24)10-9-19(2)13(12-21)11-16(22)18-14-5-6-17(23)20(14,3)8-7-15(18)19/h1,11,14-18,22-24H,5-10,12H2,2-3H3/t14-,15-,16-,17-,18-,19-,20-,21-/m0/s1. The molecule has 3 N–H and O–H groups in total. The molecule has 0 aromatic rings. The Kier molecular flexibility index (Phi) is 3.53. The predicted molar refractivity (Wildman–Crippen MR) is 92.9 cm³/mol. The second-order valence-corrected chi connectivity index (χ2v) is 9.38. The Bertz CT molecular complexity index is 619. The summed E-state index contributed by atoms with van der Waals surface area (Å²) in [5.74, 6) is 3.62. The molecule has 3 nitrogen and oxygen atoms in total. The van der Waals surface area contributed by atoms with Gasteiger partial charge in [-0.05, 0) is 67.1 Å². The van der Waals surface area contributed by atoms with Gasteiger partial charge in [0.2, 0.25) is 0 Å². The molecule has 8 atom stereocenters. The lowest BCUT2D eigenvalue weighted by molar-refractivity contribution is -0.109. The van der Waals surface area contributed by atoms with E-state index in [0.29, 0.717) is 24.7 Å². The van der Waals surface area contributed by atoms with E-state index < -0.39 is 11.7 Å². The molecule has 4 rings (SSSR count). The van der Waals surface area contributed by atoms with Crippen LogP contribution in [-0.2, 0) is 0 Å². The minimum absolute atomic E-state index is 0.0296. The Labute approximate surface area is 145 Å². The molecule has 0 radical (unpaired) electrons. The van der Waals surface area contributed by atoms with E-state index in [4.69, 9.17) is 6.42 Å². The van der Waals surface area contributed by atoms with E-state index in [9.17, 15) is 15.3 Å². The fraction of sp³-hybridized carbons (Fsp3) is 0.810. The summed E-state index contributed by atoms with van der Waals surface area (Å²) >= 11 is 0. The van der Waals surface area contributed by atoms with E-state index in [0.717, 1.165) is 37.7 Å². The summed E-state index contributed by atoms with van der Waals surface area (Å²) in [6.45, 7) is 4.53. The van der Waals surface area contributed by atoms with E-state index in [1.165, 1.54) is 0 Å². The summed E-state index contributed by atoms with van der Waals surface area (Å²) in [7, 11) is 0. The molecule has 0 spiro atoms. The highest BCUT2D eigenvalue weighted by atomic mass is 16.3. The zero-order valence-electron chi connectivity index (χ0n) is 14.8. The molecule has 0 heterocycles. The zero-order valence-corrected chi connectivity index (χ0v) is 14.8. The van der Waals surface area contributed by atoms with Crippen LogP contribution < -0.4 is 0 Å². The Morgan fingerprint density at radius 2 is 1.83 bits per heavy atom. The number of rotatable bonds is 0. The van der Waals surface area contributed by atoms with E-state index in [2.05, 4.69) is 19.8 Å². The molecule has 0 saturated heterocycles. The van der Waals surface area contributed by atoms with Crippen molar-refractivity contribution < 1.29 is 15.3 Å². The lowest BCUT2D eigenvalue weighted by Gasteiger charge is -2.59. The summed E-state index contributed by atoms with van der Waals surface area (Å²) in [4.78, 5) is 0. The van der Waals surface area contributed by atoms with Gasteiger partial charge >= 0.3 is 0 Å². The average Bonchev–Trinajstić information content (AvgIpc) is 2.85. The van der Waals surface area contributed by atoms with Crippen molar-refractivity contribution in [3.05, 3.63) is 11.6 Å². The normalized spacial score (nSPS) is 56.5. The zero-order chi connectivity index (χ0) is 17.3. The highest BCUT2D eigenvalue weighted by molar-refractivity contribution is 5.32. The second-order valence-electron chi connectivity index (χ2n) is 9.38. The highest BCUT2D eigenvalue weighted by Gasteiger charge is 2.61. The summed E-state index contributed by atoms with van der Waals surface area (Å²) in [6.07, 6.45) is 12.8. The predicted octanol–water partition coefficient (Wildman–Crippen LogP) is 2.65. The first-order valence-electron chi connectivity index (χ1n) is 9.51. The van der Waals surface area contributed by atoms with E-state index >= 15 is 0 Å². The van der Waals surface area contributed by atoms with E-state index in [1.54, 1.807) is 0 Å². The van der Waals surface area contributed by atoms with Crippen molar-refractivity contribution in [2.75, 3.05) is 0 Å². The molecule has 3 fully saturated rings. The third-order valence-corrected chi connectivity index (χ3v) is 8.41. The van der Waals surface area contributed by atoms with Gasteiger partial charge < -0.3 is 15.3 Å². The van der Waals surface area contributed by atoms with Gasteiger partial charge in [-0.2, -0.15) is 0 Å². The Hall–Kier alpha value is -0.820. The molecule has 0 unspecified atom stereocenters. The number of fused-ring (bicyclic) bond motifs is 5. The Morgan fingerprint density at radius 3 is 2.54 bits per heavy atom. The third kappa shape index (κ3) is 2.03. The van der Waals surface area contributed by atoms with Crippen LogP contribution in [0.25, 0.3) is 0 Å². The van der Waals surface area contributed by atoms with Crippen LogP contribution in [-0.4, -0.2) is 33.1 Å². The smallest absolute Gasteiger partial charge is 0.128 e. The first-order valence-corrected chi connectivity index (χ1v) is 9.51. The van der Waals surface area contributed by atoms with Crippen LogP contribution in [0.2, 0.25) is 0 Å². The fourth-order valence-corrected chi connectivity index (χ4v) is 6.73. The Morgan fingerprint density at radius 1 is 1.08 bits per heavy atom. The third-order valence-electron chi connectivity index (χ3n) is 8.41. The molecule has 0 aromatic carbocycles. The molecule has 4 aliphatic carbocycles. The van der Waals surface area contributed by atoms with Crippen LogP contribution in [0.1, 0.15) is 58.8 Å². The van der Waals surface area contributed by atoms with E-state index in [-0.39, 0.29) is 22.9 Å². The van der Waals surface area contributed by atoms with Crippen molar-refractivity contribution >= 4 is 0 Å². The molecule has 132 valence electrons. The van der Waals surface area contributed by atoms with Gasteiger partial charge in [0.05, 0.1) is 12.2 Å². The van der Waals surface area contributed by atoms with Crippen molar-refractivity contribution in [1.82, 2.24) is 0 Å². The molecule has 3 heteroatoms. The number of terminal acetylenes is 1. The molecule has 4 aliphatic rings. The number of hydrogen-bond donors (Lipinski definition) is 3. The van der Waals surface area contributed by atoms with Gasteiger partial charge in [-0.1, -0.05) is 31.4 Å². The lowest BCUT2D eigenvalue weighted by Crippen LogP contribution is -2.56. The van der Waals surface area contributed by atoms with Crippen LogP contribution in [0.4, 0.5) is 0 Å². The van der Waals surface area contributed by atoms with Gasteiger partial charge in [0.1, 0.15) is 5.60 Å². The van der Waals surface area contributed by atoms with Gasteiger partial charge in [0.25, 0.3) is 0 Å². The molecular formula is C21H30O3. The first-order chi connectivity index (χ1) is 11.2. The number of aliphatic hydroxyl groups is 3. The molecule has 0 bridgehead atoms. The molecule has 0 amide bonds. The van der Waals surface area contributed by atoms with Crippen LogP contribution in [0.5, 0.6) is 0 Å². The maximum absolute atomic E-state index is 11.0. The summed E-state index contributed by atoms with van der Waals surface area (Å²) < 4.78 is 0. The number of aliphatic hydroxyl groups excluding tert-OH is 2. The summed E-state index contributed by atoms with van der Waals surface area (Å²) in [6, 6.07) is 0. The highest BCUT2D eigenvalue weighted by Crippen LogP contribution is 2.65. The molecule has 0 aromatic heterocycles. The largest absolute Gasteiger partial charge is 0.393 e. The molecular weight excluding hydrogens is 300 g/mol. The summed E-state index contributed by atoms with van der Waals surface area (Å²) in [5, 5.41) is 32.0.